The Labute approximate surface area is 87.4 Å². The van der Waals surface area contributed by atoms with Crippen molar-refractivity contribution in [2.75, 3.05) is 0 Å². The lowest BCUT2D eigenvalue weighted by Gasteiger charge is -2.10. The molecule has 1 aromatic rings. The number of nitrogens with two attached hydrogens (primary N) is 2. The topological polar surface area (TPSA) is 91.2 Å². The lowest BCUT2D eigenvalue weighted by Crippen LogP contribution is -2.18. The van der Waals surface area contributed by atoms with E-state index in [9.17, 15) is 4.79 Å². The van der Waals surface area contributed by atoms with E-state index in [4.69, 9.17) is 16.2 Å². The molecule has 0 bridgehead atoms. The fourth-order valence-corrected chi connectivity index (χ4v) is 1.37. The molecular weight excluding hydrogens is 194 g/mol. The summed E-state index contributed by atoms with van der Waals surface area (Å²) < 4.78 is 5.54. The van der Waals surface area contributed by atoms with Gasteiger partial charge in [0.15, 0.2) is 5.75 Å². The van der Waals surface area contributed by atoms with E-state index in [0.717, 1.165) is 12.8 Å². The van der Waals surface area contributed by atoms with Crippen LogP contribution in [-0.2, 0) is 6.54 Å². The van der Waals surface area contributed by atoms with Crippen LogP contribution in [0.15, 0.2) is 12.4 Å². The van der Waals surface area contributed by atoms with Crippen LogP contribution in [0, 0.1) is 0 Å². The van der Waals surface area contributed by atoms with Crippen LogP contribution < -0.4 is 16.2 Å². The molecule has 80 valence electrons. The summed E-state index contributed by atoms with van der Waals surface area (Å²) >= 11 is 0. The van der Waals surface area contributed by atoms with Crippen molar-refractivity contribution >= 4 is 5.91 Å². The number of primary amides is 1. The Kier molecular flexibility index (Phi) is 2.55. The lowest BCUT2D eigenvalue weighted by atomic mass is 10.1. The summed E-state index contributed by atoms with van der Waals surface area (Å²) in [5.41, 5.74) is 11.8. The summed E-state index contributed by atoms with van der Waals surface area (Å²) in [6, 6.07) is 0. The van der Waals surface area contributed by atoms with Crippen molar-refractivity contribution < 1.29 is 9.53 Å². The first-order chi connectivity index (χ1) is 7.22. The highest BCUT2D eigenvalue weighted by molar-refractivity contribution is 5.97. The van der Waals surface area contributed by atoms with Crippen molar-refractivity contribution in [3.05, 3.63) is 23.5 Å². The number of aromatic nitrogens is 1. The van der Waals surface area contributed by atoms with Crippen LogP contribution in [0.1, 0.15) is 28.8 Å². The monoisotopic (exact) mass is 207 g/mol. The van der Waals surface area contributed by atoms with Crippen molar-refractivity contribution in [1.29, 1.82) is 0 Å². The van der Waals surface area contributed by atoms with Gasteiger partial charge in [-0.3, -0.25) is 9.78 Å². The Bertz CT molecular complexity index is 388. The van der Waals surface area contributed by atoms with Gasteiger partial charge in [0, 0.05) is 18.3 Å². The van der Waals surface area contributed by atoms with Gasteiger partial charge >= 0.3 is 0 Å². The van der Waals surface area contributed by atoms with Gasteiger partial charge in [0.2, 0.25) is 0 Å². The van der Waals surface area contributed by atoms with Crippen molar-refractivity contribution in [2.45, 2.75) is 25.5 Å². The van der Waals surface area contributed by atoms with Gasteiger partial charge in [-0.15, -0.1) is 0 Å². The predicted octanol–water partition coefficient (Wildman–Crippen LogP) is 0.180. The third-order valence-corrected chi connectivity index (χ3v) is 2.27. The second-order valence-corrected chi connectivity index (χ2v) is 3.56. The van der Waals surface area contributed by atoms with Crippen LogP contribution in [0.4, 0.5) is 0 Å². The maximum absolute atomic E-state index is 11.3. The molecule has 5 heteroatoms. The second-order valence-electron chi connectivity index (χ2n) is 3.56. The van der Waals surface area contributed by atoms with Crippen LogP contribution >= 0.6 is 0 Å². The fourth-order valence-electron chi connectivity index (χ4n) is 1.37. The Morgan fingerprint density at radius 1 is 1.53 bits per heavy atom. The van der Waals surface area contributed by atoms with E-state index >= 15 is 0 Å². The van der Waals surface area contributed by atoms with E-state index in [-0.39, 0.29) is 12.6 Å². The first-order valence-corrected chi connectivity index (χ1v) is 4.85. The van der Waals surface area contributed by atoms with Gasteiger partial charge in [0.1, 0.15) is 0 Å². The average molecular weight is 207 g/mol. The quantitative estimate of drug-likeness (QED) is 0.736. The molecule has 15 heavy (non-hydrogen) atoms. The van der Waals surface area contributed by atoms with Gasteiger partial charge < -0.3 is 16.2 Å². The zero-order chi connectivity index (χ0) is 10.8. The molecule has 0 aliphatic heterocycles. The largest absolute Gasteiger partial charge is 0.488 e. The molecule has 2 rings (SSSR count). The van der Waals surface area contributed by atoms with Crippen LogP contribution in [0.5, 0.6) is 5.75 Å². The van der Waals surface area contributed by atoms with E-state index in [1.54, 1.807) is 6.20 Å². The molecule has 1 heterocycles. The van der Waals surface area contributed by atoms with E-state index in [0.29, 0.717) is 16.9 Å². The Balaban J connectivity index is 2.37. The molecule has 1 aliphatic rings. The second kappa shape index (κ2) is 3.86. The van der Waals surface area contributed by atoms with Gasteiger partial charge in [-0.05, 0) is 12.8 Å². The zero-order valence-electron chi connectivity index (χ0n) is 8.27. The summed E-state index contributed by atoms with van der Waals surface area (Å²) in [6.45, 7) is 0.229. The molecule has 5 nitrogen and oxygen atoms in total. The zero-order valence-corrected chi connectivity index (χ0v) is 8.27. The van der Waals surface area contributed by atoms with E-state index < -0.39 is 5.91 Å². The van der Waals surface area contributed by atoms with Gasteiger partial charge in [-0.25, -0.2) is 0 Å². The Morgan fingerprint density at radius 2 is 2.27 bits per heavy atom. The third-order valence-electron chi connectivity index (χ3n) is 2.27. The number of carbonyl (C=O) groups is 1. The fraction of sp³-hybridized carbons (Fsp3) is 0.400. The molecule has 0 unspecified atom stereocenters. The number of ether oxygens (including phenoxy) is 1. The summed E-state index contributed by atoms with van der Waals surface area (Å²) in [6.07, 6.45) is 5.30. The minimum absolute atomic E-state index is 0.206. The number of pyridine rings is 1. The van der Waals surface area contributed by atoms with Gasteiger partial charge in [0.05, 0.1) is 17.9 Å². The molecule has 0 atom stereocenters. The molecule has 1 aliphatic carbocycles. The van der Waals surface area contributed by atoms with Crippen LogP contribution in [0.2, 0.25) is 0 Å². The van der Waals surface area contributed by atoms with E-state index in [1.165, 1.54) is 6.20 Å². The van der Waals surface area contributed by atoms with Gasteiger partial charge in [-0.2, -0.15) is 0 Å². The standard InChI is InChI=1S/C10H13N3O2/c11-3-6-4-13-5-8(9(6)10(12)14)15-7-1-2-7/h4-5,7H,1-3,11H2,(H2,12,14). The van der Waals surface area contributed by atoms with Crippen molar-refractivity contribution in [2.24, 2.45) is 11.5 Å². The molecule has 0 radical (unpaired) electrons. The predicted molar refractivity (Wildman–Crippen MR) is 54.3 cm³/mol. The highest BCUT2D eigenvalue weighted by Crippen LogP contribution is 2.29. The van der Waals surface area contributed by atoms with E-state index in [2.05, 4.69) is 4.98 Å². The Morgan fingerprint density at radius 3 is 2.80 bits per heavy atom. The summed E-state index contributed by atoms with van der Waals surface area (Å²) in [4.78, 5) is 15.2. The van der Waals surface area contributed by atoms with Crippen molar-refractivity contribution in [3.63, 3.8) is 0 Å². The molecule has 4 N–H and O–H groups in total. The van der Waals surface area contributed by atoms with E-state index in [1.807, 2.05) is 0 Å². The van der Waals surface area contributed by atoms with Crippen molar-refractivity contribution in [1.82, 2.24) is 4.98 Å². The third kappa shape index (κ3) is 2.07. The molecule has 1 saturated carbocycles. The normalized spacial score (nSPS) is 15.0. The smallest absolute Gasteiger partial charge is 0.252 e. The maximum atomic E-state index is 11.3. The van der Waals surface area contributed by atoms with Gasteiger partial charge in [0.25, 0.3) is 5.91 Å². The molecule has 1 fully saturated rings. The van der Waals surface area contributed by atoms with Crippen molar-refractivity contribution in [3.8, 4) is 5.75 Å². The Hall–Kier alpha value is -1.62. The summed E-state index contributed by atoms with van der Waals surface area (Å²) in [7, 11) is 0. The first kappa shape index (κ1) is 9.92. The number of rotatable bonds is 4. The lowest BCUT2D eigenvalue weighted by molar-refractivity contribution is 0.0995. The number of nitrogens with zero attached hydrogens (tertiary/aromatic N) is 1. The molecule has 0 spiro atoms. The minimum Gasteiger partial charge on any atom is -0.488 e. The molecule has 0 aromatic carbocycles. The maximum Gasteiger partial charge on any atom is 0.252 e. The summed E-state index contributed by atoms with van der Waals surface area (Å²) in [5.74, 6) is -0.0681. The summed E-state index contributed by atoms with van der Waals surface area (Å²) in [5, 5.41) is 0. The number of hydrogen-bond acceptors (Lipinski definition) is 4. The number of carbonyl (C=O) groups excluding carboxylic acids is 1. The number of amides is 1. The molecule has 1 aromatic heterocycles. The first-order valence-electron chi connectivity index (χ1n) is 4.85. The highest BCUT2D eigenvalue weighted by Gasteiger charge is 2.26. The SMILES string of the molecule is NCc1cncc(OC2CC2)c1C(N)=O. The average Bonchev–Trinajstić information content (AvgIpc) is 3.01. The van der Waals surface area contributed by atoms with Crippen LogP contribution in [0.25, 0.3) is 0 Å². The van der Waals surface area contributed by atoms with Crippen LogP contribution in [-0.4, -0.2) is 17.0 Å². The van der Waals surface area contributed by atoms with Crippen LogP contribution in [0.3, 0.4) is 0 Å². The molecule has 0 saturated heterocycles. The molecule has 1 amide bonds. The van der Waals surface area contributed by atoms with Gasteiger partial charge in [-0.1, -0.05) is 0 Å². The highest BCUT2D eigenvalue weighted by atomic mass is 16.5. The minimum atomic E-state index is -0.520. The number of hydrogen-bond donors (Lipinski definition) is 2. The molecular formula is C10H13N3O2.